The maximum absolute atomic E-state index is 12.3. The van der Waals surface area contributed by atoms with Gasteiger partial charge in [-0.3, -0.25) is 9.78 Å². The monoisotopic (exact) mass is 288 g/mol. The molecule has 104 valence electrons. The molecule has 20 heavy (non-hydrogen) atoms. The maximum atomic E-state index is 12.3. The van der Waals surface area contributed by atoms with Crippen molar-refractivity contribution in [2.45, 2.75) is 18.9 Å². The Morgan fingerprint density at radius 3 is 2.95 bits per heavy atom. The number of carbonyl (C=O) groups is 1. The SMILES string of the molecule is O=C(c1ccsc1)N1CCC[C@H](Oc2ccncc2)C1. The van der Waals surface area contributed by atoms with Gasteiger partial charge in [0.1, 0.15) is 11.9 Å². The first-order valence-corrected chi connectivity index (χ1v) is 7.65. The van der Waals surface area contributed by atoms with Crippen LogP contribution in [0.5, 0.6) is 5.75 Å². The molecular formula is C15H16N2O2S. The normalized spacial score (nSPS) is 18.8. The fraction of sp³-hybridized carbons (Fsp3) is 0.333. The van der Waals surface area contributed by atoms with Crippen molar-refractivity contribution >= 4 is 17.2 Å². The fourth-order valence-electron chi connectivity index (χ4n) is 2.40. The van der Waals surface area contributed by atoms with Gasteiger partial charge < -0.3 is 9.64 Å². The van der Waals surface area contributed by atoms with Gasteiger partial charge in [-0.2, -0.15) is 11.3 Å². The van der Waals surface area contributed by atoms with Gasteiger partial charge in [0, 0.05) is 24.3 Å². The number of piperidine rings is 1. The number of likely N-dealkylation sites (tertiary alicyclic amines) is 1. The second-order valence-corrected chi connectivity index (χ2v) is 5.61. The highest BCUT2D eigenvalue weighted by atomic mass is 32.1. The molecule has 2 aromatic heterocycles. The van der Waals surface area contributed by atoms with Crippen molar-refractivity contribution < 1.29 is 9.53 Å². The Labute approximate surface area is 122 Å². The van der Waals surface area contributed by atoms with Crippen LogP contribution in [0.2, 0.25) is 0 Å². The molecule has 3 rings (SSSR count). The van der Waals surface area contributed by atoms with E-state index in [0.717, 1.165) is 30.7 Å². The molecule has 1 amide bonds. The lowest BCUT2D eigenvalue weighted by Crippen LogP contribution is -2.44. The number of pyridine rings is 1. The summed E-state index contributed by atoms with van der Waals surface area (Å²) in [6, 6.07) is 5.57. The molecule has 1 aliphatic rings. The maximum Gasteiger partial charge on any atom is 0.254 e. The number of hydrogen-bond donors (Lipinski definition) is 0. The summed E-state index contributed by atoms with van der Waals surface area (Å²) >= 11 is 1.55. The van der Waals surface area contributed by atoms with Crippen LogP contribution in [0.4, 0.5) is 0 Å². The van der Waals surface area contributed by atoms with E-state index in [2.05, 4.69) is 4.98 Å². The van der Waals surface area contributed by atoms with Gasteiger partial charge in [-0.05, 0) is 36.4 Å². The predicted octanol–water partition coefficient (Wildman–Crippen LogP) is 2.83. The summed E-state index contributed by atoms with van der Waals surface area (Å²) in [5.74, 6) is 0.920. The molecule has 0 saturated carbocycles. The lowest BCUT2D eigenvalue weighted by Gasteiger charge is -2.32. The van der Waals surface area contributed by atoms with Crippen molar-refractivity contribution in [3.8, 4) is 5.75 Å². The number of amides is 1. The molecule has 0 aliphatic carbocycles. The molecule has 0 N–H and O–H groups in total. The first-order chi connectivity index (χ1) is 9.83. The Hall–Kier alpha value is -1.88. The average molecular weight is 288 g/mol. The minimum atomic E-state index is 0.0636. The number of thiophene rings is 1. The molecule has 3 heterocycles. The Balaban J connectivity index is 1.63. The first kappa shape index (κ1) is 13.1. The van der Waals surface area contributed by atoms with Crippen LogP contribution in [0.25, 0.3) is 0 Å². The molecule has 0 bridgehead atoms. The van der Waals surface area contributed by atoms with E-state index in [1.807, 2.05) is 33.9 Å². The summed E-state index contributed by atoms with van der Waals surface area (Å²) in [6.07, 6.45) is 5.45. The van der Waals surface area contributed by atoms with E-state index in [4.69, 9.17) is 4.74 Å². The van der Waals surface area contributed by atoms with Gasteiger partial charge in [0.25, 0.3) is 5.91 Å². The molecular weight excluding hydrogens is 272 g/mol. The summed E-state index contributed by atoms with van der Waals surface area (Å²) in [7, 11) is 0. The van der Waals surface area contributed by atoms with Crippen molar-refractivity contribution in [1.82, 2.24) is 9.88 Å². The smallest absolute Gasteiger partial charge is 0.254 e. The van der Waals surface area contributed by atoms with E-state index < -0.39 is 0 Å². The summed E-state index contributed by atoms with van der Waals surface area (Å²) in [5, 5.41) is 3.83. The molecule has 1 fully saturated rings. The van der Waals surface area contributed by atoms with Gasteiger partial charge in [-0.15, -0.1) is 0 Å². The van der Waals surface area contributed by atoms with E-state index in [1.165, 1.54) is 0 Å². The minimum Gasteiger partial charge on any atom is -0.488 e. The van der Waals surface area contributed by atoms with Crippen molar-refractivity contribution in [3.63, 3.8) is 0 Å². The van der Waals surface area contributed by atoms with Crippen molar-refractivity contribution in [3.05, 3.63) is 46.9 Å². The van der Waals surface area contributed by atoms with E-state index in [0.29, 0.717) is 6.54 Å². The lowest BCUT2D eigenvalue weighted by atomic mass is 10.1. The first-order valence-electron chi connectivity index (χ1n) is 6.71. The van der Waals surface area contributed by atoms with Crippen LogP contribution >= 0.6 is 11.3 Å². The van der Waals surface area contributed by atoms with Gasteiger partial charge in [-0.1, -0.05) is 0 Å². The largest absolute Gasteiger partial charge is 0.488 e. The van der Waals surface area contributed by atoms with Crippen LogP contribution in [0, 0.1) is 0 Å². The number of nitrogens with zero attached hydrogens (tertiary/aromatic N) is 2. The zero-order chi connectivity index (χ0) is 13.8. The number of aromatic nitrogens is 1. The number of ether oxygens (including phenoxy) is 1. The quantitative estimate of drug-likeness (QED) is 0.872. The highest BCUT2D eigenvalue weighted by Gasteiger charge is 2.25. The van der Waals surface area contributed by atoms with Crippen LogP contribution in [0.3, 0.4) is 0 Å². The van der Waals surface area contributed by atoms with E-state index in [-0.39, 0.29) is 12.0 Å². The van der Waals surface area contributed by atoms with Gasteiger partial charge in [0.2, 0.25) is 0 Å². The summed E-state index contributed by atoms with van der Waals surface area (Å²) in [4.78, 5) is 18.2. The zero-order valence-electron chi connectivity index (χ0n) is 11.1. The van der Waals surface area contributed by atoms with Gasteiger partial charge in [0.05, 0.1) is 12.1 Å². The van der Waals surface area contributed by atoms with Crippen LogP contribution in [0.15, 0.2) is 41.4 Å². The number of hydrogen-bond acceptors (Lipinski definition) is 4. The molecule has 0 aromatic carbocycles. The van der Waals surface area contributed by atoms with Gasteiger partial charge >= 0.3 is 0 Å². The molecule has 1 saturated heterocycles. The Bertz CT molecular complexity index is 557. The molecule has 1 aliphatic heterocycles. The standard InChI is InChI=1S/C15H16N2O2S/c18-15(12-5-9-20-11-12)17-8-1-2-14(10-17)19-13-3-6-16-7-4-13/h3-7,9,11,14H,1-2,8,10H2/t14-/m0/s1. The lowest BCUT2D eigenvalue weighted by molar-refractivity contribution is 0.0538. The molecule has 0 spiro atoms. The molecule has 0 unspecified atom stereocenters. The zero-order valence-corrected chi connectivity index (χ0v) is 11.9. The van der Waals surface area contributed by atoms with E-state index in [1.54, 1.807) is 23.7 Å². The summed E-state index contributed by atoms with van der Waals surface area (Å²) < 4.78 is 5.92. The van der Waals surface area contributed by atoms with Crippen LogP contribution in [-0.4, -0.2) is 35.0 Å². The van der Waals surface area contributed by atoms with Crippen LogP contribution in [0.1, 0.15) is 23.2 Å². The fourth-order valence-corrected chi connectivity index (χ4v) is 3.03. The number of carbonyl (C=O) groups excluding carboxylic acids is 1. The minimum absolute atomic E-state index is 0.0636. The molecule has 0 radical (unpaired) electrons. The topological polar surface area (TPSA) is 42.4 Å². The molecule has 4 nitrogen and oxygen atoms in total. The van der Waals surface area contributed by atoms with Crippen LogP contribution < -0.4 is 4.74 Å². The Morgan fingerprint density at radius 1 is 1.35 bits per heavy atom. The second kappa shape index (κ2) is 6.05. The molecule has 1 atom stereocenters. The second-order valence-electron chi connectivity index (χ2n) is 4.83. The summed E-state index contributed by atoms with van der Waals surface area (Å²) in [5.41, 5.74) is 0.777. The van der Waals surface area contributed by atoms with Crippen molar-refractivity contribution in [2.75, 3.05) is 13.1 Å². The van der Waals surface area contributed by atoms with Crippen LogP contribution in [-0.2, 0) is 0 Å². The van der Waals surface area contributed by atoms with E-state index in [9.17, 15) is 4.79 Å². The van der Waals surface area contributed by atoms with Crippen molar-refractivity contribution in [1.29, 1.82) is 0 Å². The Kier molecular flexibility index (Phi) is 3.97. The third-order valence-electron chi connectivity index (χ3n) is 3.39. The third-order valence-corrected chi connectivity index (χ3v) is 4.07. The number of rotatable bonds is 3. The summed E-state index contributed by atoms with van der Waals surface area (Å²) in [6.45, 7) is 1.46. The predicted molar refractivity (Wildman–Crippen MR) is 78.1 cm³/mol. The Morgan fingerprint density at radius 2 is 2.20 bits per heavy atom. The van der Waals surface area contributed by atoms with Crippen molar-refractivity contribution in [2.24, 2.45) is 0 Å². The van der Waals surface area contributed by atoms with Gasteiger partial charge in [0.15, 0.2) is 0 Å². The molecule has 2 aromatic rings. The molecule has 5 heteroatoms. The average Bonchev–Trinajstić information content (AvgIpc) is 3.02. The highest BCUT2D eigenvalue weighted by molar-refractivity contribution is 7.08. The highest BCUT2D eigenvalue weighted by Crippen LogP contribution is 2.19. The van der Waals surface area contributed by atoms with Gasteiger partial charge in [-0.25, -0.2) is 0 Å². The third kappa shape index (κ3) is 2.99. The van der Waals surface area contributed by atoms with E-state index >= 15 is 0 Å².